The number of ether oxygens (including phenoxy) is 1. The Morgan fingerprint density at radius 2 is 2.38 bits per heavy atom. The molecule has 0 aromatic heterocycles. The molecule has 16 heavy (non-hydrogen) atoms. The molecule has 0 saturated carbocycles. The zero-order chi connectivity index (χ0) is 11.9. The first-order valence-electron chi connectivity index (χ1n) is 5.65. The summed E-state index contributed by atoms with van der Waals surface area (Å²) in [6.07, 6.45) is 3.65. The molecule has 1 fully saturated rings. The van der Waals surface area contributed by atoms with Crippen LogP contribution in [0.2, 0.25) is 0 Å². The van der Waals surface area contributed by atoms with Crippen LogP contribution in [0.15, 0.2) is 5.11 Å². The third-order valence-corrected chi connectivity index (χ3v) is 2.54. The Hall–Kier alpha value is -0.810. The van der Waals surface area contributed by atoms with Crippen LogP contribution in [0.4, 0.5) is 0 Å². The fourth-order valence-electron chi connectivity index (χ4n) is 1.51. The van der Waals surface area contributed by atoms with Gasteiger partial charge in [0.2, 0.25) is 0 Å². The Kier molecular flexibility index (Phi) is 5.55. The van der Waals surface area contributed by atoms with Gasteiger partial charge in [-0.05, 0) is 31.7 Å². The van der Waals surface area contributed by atoms with Crippen LogP contribution in [-0.2, 0) is 14.5 Å². The summed E-state index contributed by atoms with van der Waals surface area (Å²) in [5, 5.41) is 3.54. The largest absolute Gasteiger partial charge is 0.348 e. The summed E-state index contributed by atoms with van der Waals surface area (Å²) in [6, 6.07) is -0.0753. The highest BCUT2D eigenvalue weighted by atomic mass is 17.2. The lowest BCUT2D eigenvalue weighted by atomic mass is 10.1. The Balaban J connectivity index is 2.12. The Bertz CT molecular complexity index is 248. The van der Waals surface area contributed by atoms with Crippen molar-refractivity contribution in [1.82, 2.24) is 0 Å². The van der Waals surface area contributed by atoms with E-state index in [1.54, 1.807) is 0 Å². The SMILES string of the molecule is C[C@H](CCOOC1(C)CCCCO1)N=[N+]=[N-]. The maximum absolute atomic E-state index is 8.20. The first-order chi connectivity index (χ1) is 7.66. The minimum Gasteiger partial charge on any atom is -0.348 e. The van der Waals surface area contributed by atoms with E-state index >= 15 is 0 Å². The van der Waals surface area contributed by atoms with Gasteiger partial charge < -0.3 is 4.74 Å². The third-order valence-electron chi connectivity index (χ3n) is 2.54. The number of rotatable bonds is 6. The standard InChI is InChI=1S/C10H19N3O3/c1-9(12-13-11)5-8-15-16-10(2)6-3-4-7-14-10/h9H,3-8H2,1-2H3/t9-,10?/m1/s1. The molecule has 6 nitrogen and oxygen atoms in total. The Morgan fingerprint density at radius 1 is 1.56 bits per heavy atom. The van der Waals surface area contributed by atoms with E-state index in [-0.39, 0.29) is 6.04 Å². The molecular weight excluding hydrogens is 210 g/mol. The Morgan fingerprint density at radius 3 is 3.00 bits per heavy atom. The summed E-state index contributed by atoms with van der Waals surface area (Å²) in [7, 11) is 0. The highest BCUT2D eigenvalue weighted by Crippen LogP contribution is 2.25. The highest BCUT2D eigenvalue weighted by molar-refractivity contribution is 4.66. The number of hydrogen-bond acceptors (Lipinski definition) is 4. The van der Waals surface area contributed by atoms with Gasteiger partial charge in [-0.2, -0.15) is 0 Å². The molecule has 0 aliphatic carbocycles. The predicted molar refractivity (Wildman–Crippen MR) is 58.5 cm³/mol. The van der Waals surface area contributed by atoms with E-state index in [9.17, 15) is 0 Å². The fourth-order valence-corrected chi connectivity index (χ4v) is 1.51. The molecule has 1 heterocycles. The van der Waals surface area contributed by atoms with Crippen LogP contribution in [0, 0.1) is 0 Å². The van der Waals surface area contributed by atoms with Gasteiger partial charge in [-0.1, -0.05) is 12.0 Å². The van der Waals surface area contributed by atoms with E-state index in [4.69, 9.17) is 20.0 Å². The van der Waals surface area contributed by atoms with Crippen LogP contribution < -0.4 is 0 Å². The van der Waals surface area contributed by atoms with E-state index < -0.39 is 5.79 Å². The first-order valence-corrected chi connectivity index (χ1v) is 5.65. The van der Waals surface area contributed by atoms with Crippen molar-refractivity contribution in [3.63, 3.8) is 0 Å². The van der Waals surface area contributed by atoms with Crippen molar-refractivity contribution >= 4 is 0 Å². The molecule has 0 aromatic rings. The minimum absolute atomic E-state index is 0.0753. The summed E-state index contributed by atoms with van der Waals surface area (Å²) >= 11 is 0. The van der Waals surface area contributed by atoms with Crippen LogP contribution in [-0.4, -0.2) is 25.0 Å². The average Bonchev–Trinajstić information content (AvgIpc) is 2.26. The Labute approximate surface area is 95.4 Å². The van der Waals surface area contributed by atoms with Crippen LogP contribution in [0.5, 0.6) is 0 Å². The number of hydrogen-bond donors (Lipinski definition) is 0. The zero-order valence-corrected chi connectivity index (χ0v) is 9.89. The lowest BCUT2D eigenvalue weighted by Crippen LogP contribution is -2.36. The molecule has 1 unspecified atom stereocenters. The molecule has 1 rings (SSSR count). The molecule has 0 N–H and O–H groups in total. The molecule has 0 radical (unpaired) electrons. The summed E-state index contributed by atoms with van der Waals surface area (Å²) in [6.45, 7) is 4.83. The van der Waals surface area contributed by atoms with Gasteiger partial charge in [-0.25, -0.2) is 9.78 Å². The summed E-state index contributed by atoms with van der Waals surface area (Å²) in [4.78, 5) is 13.0. The summed E-state index contributed by atoms with van der Waals surface area (Å²) < 4.78 is 5.49. The monoisotopic (exact) mass is 229 g/mol. The molecule has 0 spiro atoms. The lowest BCUT2D eigenvalue weighted by Gasteiger charge is -2.31. The minimum atomic E-state index is -0.611. The van der Waals surface area contributed by atoms with Gasteiger partial charge >= 0.3 is 0 Å². The van der Waals surface area contributed by atoms with Gasteiger partial charge in [-0.15, -0.1) is 0 Å². The second-order valence-electron chi connectivity index (χ2n) is 4.19. The van der Waals surface area contributed by atoms with Gasteiger partial charge in [0.25, 0.3) is 0 Å². The van der Waals surface area contributed by atoms with Crippen molar-refractivity contribution in [2.24, 2.45) is 5.11 Å². The molecular formula is C10H19N3O3. The van der Waals surface area contributed by atoms with Crippen molar-refractivity contribution in [3.05, 3.63) is 10.4 Å². The van der Waals surface area contributed by atoms with Crippen molar-refractivity contribution in [1.29, 1.82) is 0 Å². The molecule has 6 heteroatoms. The maximum atomic E-state index is 8.20. The van der Waals surface area contributed by atoms with E-state index in [0.29, 0.717) is 13.0 Å². The molecule has 2 atom stereocenters. The van der Waals surface area contributed by atoms with Gasteiger partial charge in [0.1, 0.15) is 0 Å². The molecule has 0 amide bonds. The summed E-state index contributed by atoms with van der Waals surface area (Å²) in [5.41, 5.74) is 8.20. The van der Waals surface area contributed by atoms with Crippen molar-refractivity contribution < 1.29 is 14.5 Å². The van der Waals surface area contributed by atoms with Crippen LogP contribution >= 0.6 is 0 Å². The van der Waals surface area contributed by atoms with Crippen LogP contribution in [0.1, 0.15) is 39.5 Å². The van der Waals surface area contributed by atoms with E-state index in [0.717, 1.165) is 25.9 Å². The topological polar surface area (TPSA) is 76.5 Å². The maximum Gasteiger partial charge on any atom is 0.198 e. The van der Waals surface area contributed by atoms with Gasteiger partial charge in [0.05, 0.1) is 13.2 Å². The van der Waals surface area contributed by atoms with E-state index in [1.165, 1.54) is 0 Å². The second kappa shape index (κ2) is 6.70. The quantitative estimate of drug-likeness (QED) is 0.175. The number of nitrogens with zero attached hydrogens (tertiary/aromatic N) is 3. The lowest BCUT2D eigenvalue weighted by molar-refractivity contribution is -0.430. The van der Waals surface area contributed by atoms with Crippen molar-refractivity contribution in [2.45, 2.75) is 51.4 Å². The zero-order valence-electron chi connectivity index (χ0n) is 9.89. The van der Waals surface area contributed by atoms with Crippen LogP contribution in [0.3, 0.4) is 0 Å². The van der Waals surface area contributed by atoms with Gasteiger partial charge in [0.15, 0.2) is 5.79 Å². The molecule has 1 aliphatic rings. The first kappa shape index (κ1) is 13.3. The number of azide groups is 1. The van der Waals surface area contributed by atoms with Crippen LogP contribution in [0.25, 0.3) is 10.4 Å². The van der Waals surface area contributed by atoms with Crippen molar-refractivity contribution in [2.75, 3.05) is 13.2 Å². The highest BCUT2D eigenvalue weighted by Gasteiger charge is 2.30. The smallest absolute Gasteiger partial charge is 0.198 e. The molecule has 92 valence electrons. The predicted octanol–water partition coefficient (Wildman–Crippen LogP) is 2.94. The third kappa shape index (κ3) is 4.81. The van der Waals surface area contributed by atoms with E-state index in [1.807, 2.05) is 13.8 Å². The average molecular weight is 229 g/mol. The molecule has 0 aromatic carbocycles. The summed E-state index contributed by atoms with van der Waals surface area (Å²) in [5.74, 6) is -0.611. The molecule has 0 bridgehead atoms. The molecule has 1 saturated heterocycles. The van der Waals surface area contributed by atoms with Gasteiger partial charge in [-0.3, -0.25) is 0 Å². The van der Waals surface area contributed by atoms with Gasteiger partial charge in [0, 0.05) is 17.4 Å². The second-order valence-corrected chi connectivity index (χ2v) is 4.19. The normalized spacial score (nSPS) is 27.1. The van der Waals surface area contributed by atoms with E-state index in [2.05, 4.69) is 10.0 Å². The fraction of sp³-hybridized carbons (Fsp3) is 1.00. The van der Waals surface area contributed by atoms with Crippen molar-refractivity contribution in [3.8, 4) is 0 Å². The molecule has 1 aliphatic heterocycles.